The molecule has 26 heavy (non-hydrogen) atoms. The first-order valence-electron chi connectivity index (χ1n) is 8.85. The van der Waals surface area contributed by atoms with Crippen LogP contribution in [0.3, 0.4) is 0 Å². The van der Waals surface area contributed by atoms with Gasteiger partial charge in [0.2, 0.25) is 0 Å². The molecule has 1 fully saturated rings. The van der Waals surface area contributed by atoms with E-state index >= 15 is 0 Å². The molecule has 3 aliphatic heterocycles. The minimum atomic E-state index is -3.37. The largest absolute Gasteiger partial charge is 0.318 e. The van der Waals surface area contributed by atoms with Crippen LogP contribution < -0.4 is 10.3 Å². The standard InChI is InChI=1S/C17H22N4O3S2/c1-11-4-3-5-12(2)21(11)18-16(22)13-6-7-14-15(10-13)25-17-19-26(23,24)9-8-20(14)17/h6-7,10-12H,3-5,8-9H2,1-2H3,(H,18,22)/t11-,12+. The molecule has 0 radical (unpaired) electrons. The van der Waals surface area contributed by atoms with Crippen LogP contribution in [-0.4, -0.2) is 48.9 Å². The number of rotatable bonds is 2. The Morgan fingerprint density at radius 2 is 2.00 bits per heavy atom. The second-order valence-corrected chi connectivity index (χ2v) is 9.84. The summed E-state index contributed by atoms with van der Waals surface area (Å²) in [4.78, 5) is 15.5. The number of nitrogens with one attached hydrogen (secondary N) is 1. The van der Waals surface area contributed by atoms with Crippen LogP contribution in [0.4, 0.5) is 5.69 Å². The first-order valence-corrected chi connectivity index (χ1v) is 11.3. The predicted octanol–water partition coefficient (Wildman–Crippen LogP) is 2.21. The Labute approximate surface area is 157 Å². The summed E-state index contributed by atoms with van der Waals surface area (Å²) in [5.41, 5.74) is 4.54. The van der Waals surface area contributed by atoms with Crippen LogP contribution in [0.2, 0.25) is 0 Å². The van der Waals surface area contributed by atoms with E-state index in [1.165, 1.54) is 18.2 Å². The lowest BCUT2D eigenvalue weighted by Gasteiger charge is -2.38. The van der Waals surface area contributed by atoms with Gasteiger partial charge in [-0.1, -0.05) is 6.42 Å². The highest BCUT2D eigenvalue weighted by molar-refractivity contribution is 8.15. The van der Waals surface area contributed by atoms with Crippen LogP contribution in [0.5, 0.6) is 0 Å². The Balaban J connectivity index is 1.55. The van der Waals surface area contributed by atoms with Crippen LogP contribution in [0, 0.1) is 0 Å². The van der Waals surface area contributed by atoms with Crippen LogP contribution >= 0.6 is 11.8 Å². The quantitative estimate of drug-likeness (QED) is 0.828. The van der Waals surface area contributed by atoms with Crippen molar-refractivity contribution in [3.05, 3.63) is 23.8 Å². The van der Waals surface area contributed by atoms with Gasteiger partial charge in [0, 0.05) is 29.1 Å². The Kier molecular flexibility index (Phi) is 4.48. The van der Waals surface area contributed by atoms with Crippen molar-refractivity contribution in [1.29, 1.82) is 0 Å². The highest BCUT2D eigenvalue weighted by atomic mass is 32.2. The predicted molar refractivity (Wildman–Crippen MR) is 103 cm³/mol. The van der Waals surface area contributed by atoms with Gasteiger partial charge in [0.25, 0.3) is 15.9 Å². The van der Waals surface area contributed by atoms with Gasteiger partial charge in [0.05, 0.1) is 11.4 Å². The molecule has 0 aliphatic carbocycles. The van der Waals surface area contributed by atoms with Crippen molar-refractivity contribution in [3.8, 4) is 0 Å². The second-order valence-electron chi connectivity index (χ2n) is 7.07. The van der Waals surface area contributed by atoms with E-state index in [1.807, 2.05) is 22.0 Å². The highest BCUT2D eigenvalue weighted by Gasteiger charge is 2.34. The maximum absolute atomic E-state index is 12.7. The number of carbonyl (C=O) groups is 1. The topological polar surface area (TPSA) is 82.1 Å². The molecule has 3 aliphatic rings. The summed E-state index contributed by atoms with van der Waals surface area (Å²) in [6, 6.07) is 6.13. The van der Waals surface area contributed by atoms with Gasteiger partial charge in [-0.2, -0.15) is 0 Å². The number of piperidine rings is 1. The Morgan fingerprint density at radius 1 is 1.27 bits per heavy atom. The van der Waals surface area contributed by atoms with Crippen LogP contribution in [0.15, 0.2) is 27.5 Å². The van der Waals surface area contributed by atoms with Crippen LogP contribution in [-0.2, 0) is 10.0 Å². The summed E-state index contributed by atoms with van der Waals surface area (Å²) in [6.45, 7) is 4.66. The SMILES string of the molecule is C[C@@H]1CCC[C@H](C)N1NC(=O)c1ccc2c(c1)SC1=NS(=O)(=O)CCN12. The maximum atomic E-state index is 12.7. The van der Waals surface area contributed by atoms with Gasteiger partial charge in [-0.3, -0.25) is 10.2 Å². The molecule has 1 saturated heterocycles. The average Bonchev–Trinajstić information content (AvgIpc) is 2.93. The molecular formula is C17H22N4O3S2. The third kappa shape index (κ3) is 3.23. The number of anilines is 1. The van der Waals surface area contributed by atoms with Crippen LogP contribution in [0.25, 0.3) is 0 Å². The number of fused-ring (bicyclic) bond motifs is 3. The number of hydrazine groups is 1. The number of amides is 1. The number of benzene rings is 1. The average molecular weight is 395 g/mol. The molecule has 0 aromatic heterocycles. The summed E-state index contributed by atoms with van der Waals surface area (Å²) in [6.07, 6.45) is 3.34. The number of carbonyl (C=O) groups excluding carboxylic acids is 1. The van der Waals surface area contributed by atoms with E-state index in [0.29, 0.717) is 29.4 Å². The van der Waals surface area contributed by atoms with Gasteiger partial charge in [-0.05, 0) is 56.7 Å². The van der Waals surface area contributed by atoms with E-state index in [4.69, 9.17) is 0 Å². The zero-order valence-corrected chi connectivity index (χ0v) is 16.4. The van der Waals surface area contributed by atoms with Gasteiger partial charge < -0.3 is 4.90 Å². The fraction of sp³-hybridized carbons (Fsp3) is 0.529. The fourth-order valence-corrected chi connectivity index (χ4v) is 5.99. The number of nitrogens with zero attached hydrogens (tertiary/aromatic N) is 3. The molecule has 0 bridgehead atoms. The molecule has 0 unspecified atom stereocenters. The lowest BCUT2D eigenvalue weighted by molar-refractivity contribution is 0.0369. The molecular weight excluding hydrogens is 372 g/mol. The van der Waals surface area contributed by atoms with Crippen molar-refractivity contribution in [2.45, 2.75) is 50.1 Å². The first kappa shape index (κ1) is 17.8. The maximum Gasteiger partial charge on any atom is 0.265 e. The molecule has 3 heterocycles. The number of hydrogen-bond donors (Lipinski definition) is 1. The Bertz CT molecular complexity index is 874. The summed E-state index contributed by atoms with van der Waals surface area (Å²) in [5, 5.41) is 2.52. The number of sulfonamides is 1. The van der Waals surface area contributed by atoms with Gasteiger partial charge >= 0.3 is 0 Å². The number of hydrogen-bond acceptors (Lipinski definition) is 6. The van der Waals surface area contributed by atoms with Gasteiger partial charge in [-0.25, -0.2) is 13.4 Å². The van der Waals surface area contributed by atoms with E-state index in [2.05, 4.69) is 23.7 Å². The highest BCUT2D eigenvalue weighted by Crippen LogP contribution is 2.42. The number of amidine groups is 1. The van der Waals surface area contributed by atoms with E-state index < -0.39 is 10.0 Å². The van der Waals surface area contributed by atoms with E-state index in [1.54, 1.807) is 6.07 Å². The molecule has 1 aromatic carbocycles. The van der Waals surface area contributed by atoms with E-state index in [9.17, 15) is 13.2 Å². The Hall–Kier alpha value is -1.58. The lowest BCUT2D eigenvalue weighted by Crippen LogP contribution is -2.54. The van der Waals surface area contributed by atoms with E-state index in [-0.39, 0.29) is 11.7 Å². The minimum absolute atomic E-state index is 0.0173. The van der Waals surface area contributed by atoms with Crippen LogP contribution in [0.1, 0.15) is 43.5 Å². The summed E-state index contributed by atoms with van der Waals surface area (Å²) in [5.74, 6) is -0.114. The van der Waals surface area contributed by atoms with Crippen molar-refractivity contribution in [1.82, 2.24) is 10.4 Å². The number of thioether (sulfide) groups is 1. The monoisotopic (exact) mass is 394 g/mol. The van der Waals surface area contributed by atoms with E-state index in [0.717, 1.165) is 23.4 Å². The van der Waals surface area contributed by atoms with Gasteiger partial charge in [-0.15, -0.1) is 4.40 Å². The molecule has 1 N–H and O–H groups in total. The summed E-state index contributed by atoms with van der Waals surface area (Å²) < 4.78 is 27.3. The minimum Gasteiger partial charge on any atom is -0.318 e. The first-order chi connectivity index (χ1) is 12.3. The molecule has 1 aromatic rings. The Morgan fingerprint density at radius 3 is 2.73 bits per heavy atom. The van der Waals surface area contributed by atoms with Crippen molar-refractivity contribution >= 4 is 38.5 Å². The van der Waals surface area contributed by atoms with Gasteiger partial charge in [0.1, 0.15) is 0 Å². The lowest BCUT2D eigenvalue weighted by atomic mass is 10.00. The summed E-state index contributed by atoms with van der Waals surface area (Å²) in [7, 11) is -3.37. The molecule has 9 heteroatoms. The summed E-state index contributed by atoms with van der Waals surface area (Å²) >= 11 is 1.30. The molecule has 0 spiro atoms. The fourth-order valence-electron chi connectivity index (χ4n) is 3.70. The van der Waals surface area contributed by atoms with Crippen molar-refractivity contribution in [2.75, 3.05) is 17.2 Å². The normalized spacial score (nSPS) is 27.5. The zero-order chi connectivity index (χ0) is 18.5. The molecule has 0 saturated carbocycles. The molecule has 2 atom stereocenters. The van der Waals surface area contributed by atoms with Gasteiger partial charge in [0.15, 0.2) is 5.17 Å². The zero-order valence-electron chi connectivity index (χ0n) is 14.8. The third-order valence-corrected chi connectivity index (χ3v) is 7.47. The van der Waals surface area contributed by atoms with Crippen molar-refractivity contribution in [3.63, 3.8) is 0 Å². The van der Waals surface area contributed by atoms with Crippen molar-refractivity contribution < 1.29 is 13.2 Å². The molecule has 140 valence electrons. The molecule has 4 rings (SSSR count). The third-order valence-electron chi connectivity index (χ3n) is 5.16. The molecule has 1 amide bonds. The smallest absolute Gasteiger partial charge is 0.265 e. The van der Waals surface area contributed by atoms with Crippen molar-refractivity contribution in [2.24, 2.45) is 4.40 Å². The second kappa shape index (κ2) is 6.54. The molecule has 7 nitrogen and oxygen atoms in total.